The normalized spacial score (nSPS) is 17.9. The SMILES string of the molecule is CN=C(NCc1ccc2c(c1)OCCCO2)NC1CCN(c2cccs2)CC1. The van der Waals surface area contributed by atoms with E-state index in [4.69, 9.17) is 9.47 Å². The van der Waals surface area contributed by atoms with E-state index in [-0.39, 0.29) is 0 Å². The molecule has 150 valence electrons. The average Bonchev–Trinajstić information content (AvgIpc) is 3.17. The van der Waals surface area contributed by atoms with Gasteiger partial charge in [-0.2, -0.15) is 0 Å². The van der Waals surface area contributed by atoms with E-state index in [1.807, 2.05) is 24.5 Å². The number of nitrogens with zero attached hydrogens (tertiary/aromatic N) is 2. The lowest BCUT2D eigenvalue weighted by atomic mass is 10.1. The average molecular weight is 401 g/mol. The molecule has 0 spiro atoms. The fourth-order valence-corrected chi connectivity index (χ4v) is 4.37. The van der Waals surface area contributed by atoms with E-state index in [0.717, 1.165) is 55.4 Å². The van der Waals surface area contributed by atoms with Crippen LogP contribution in [-0.4, -0.2) is 45.4 Å². The Balaban J connectivity index is 1.27. The van der Waals surface area contributed by atoms with Crippen LogP contribution >= 0.6 is 11.3 Å². The molecule has 0 aliphatic carbocycles. The summed E-state index contributed by atoms with van der Waals surface area (Å²) in [7, 11) is 1.82. The maximum atomic E-state index is 5.78. The minimum Gasteiger partial charge on any atom is -0.490 e. The predicted molar refractivity (Wildman–Crippen MR) is 115 cm³/mol. The topological polar surface area (TPSA) is 58.1 Å². The van der Waals surface area contributed by atoms with E-state index in [9.17, 15) is 0 Å². The summed E-state index contributed by atoms with van der Waals surface area (Å²) in [5.41, 5.74) is 1.15. The molecule has 0 unspecified atom stereocenters. The molecule has 2 aliphatic heterocycles. The van der Waals surface area contributed by atoms with Gasteiger partial charge >= 0.3 is 0 Å². The van der Waals surface area contributed by atoms with E-state index in [1.165, 1.54) is 5.00 Å². The molecule has 0 bridgehead atoms. The quantitative estimate of drug-likeness (QED) is 0.610. The molecule has 28 heavy (non-hydrogen) atoms. The minimum atomic E-state index is 0.450. The van der Waals surface area contributed by atoms with Gasteiger partial charge in [0, 0.05) is 39.1 Å². The van der Waals surface area contributed by atoms with Crippen molar-refractivity contribution in [3.8, 4) is 11.5 Å². The third-order valence-electron chi connectivity index (χ3n) is 5.15. The number of nitrogens with one attached hydrogen (secondary N) is 2. The molecular formula is C21H28N4O2S. The summed E-state index contributed by atoms with van der Waals surface area (Å²) in [4.78, 5) is 6.86. The number of fused-ring (bicyclic) bond motifs is 1. The van der Waals surface area contributed by atoms with Crippen LogP contribution < -0.4 is 25.0 Å². The summed E-state index contributed by atoms with van der Waals surface area (Å²) < 4.78 is 11.5. The van der Waals surface area contributed by atoms with Crippen molar-refractivity contribution < 1.29 is 9.47 Å². The molecule has 6 nitrogen and oxygen atoms in total. The summed E-state index contributed by atoms with van der Waals surface area (Å²) in [5.74, 6) is 2.52. The molecule has 0 saturated carbocycles. The number of piperidine rings is 1. The van der Waals surface area contributed by atoms with Crippen LogP contribution in [0.25, 0.3) is 0 Å². The zero-order valence-electron chi connectivity index (χ0n) is 16.3. The van der Waals surface area contributed by atoms with Crippen LogP contribution in [0.1, 0.15) is 24.8 Å². The van der Waals surface area contributed by atoms with Gasteiger partial charge in [-0.25, -0.2) is 0 Å². The monoisotopic (exact) mass is 400 g/mol. The van der Waals surface area contributed by atoms with Gasteiger partial charge in [-0.15, -0.1) is 11.3 Å². The Kier molecular flexibility index (Phi) is 6.21. The molecule has 0 amide bonds. The molecule has 1 fully saturated rings. The van der Waals surface area contributed by atoms with Crippen molar-refractivity contribution in [2.24, 2.45) is 4.99 Å². The first-order valence-corrected chi connectivity index (χ1v) is 10.8. The second-order valence-corrected chi connectivity index (χ2v) is 8.04. The molecule has 2 aliphatic rings. The van der Waals surface area contributed by atoms with E-state index < -0.39 is 0 Å². The molecule has 0 radical (unpaired) electrons. The molecule has 4 rings (SSSR count). The maximum absolute atomic E-state index is 5.78. The summed E-state index contributed by atoms with van der Waals surface area (Å²) in [6.07, 6.45) is 3.15. The number of benzene rings is 1. The molecule has 1 saturated heterocycles. The van der Waals surface area contributed by atoms with Crippen LogP contribution in [0.3, 0.4) is 0 Å². The van der Waals surface area contributed by atoms with Gasteiger partial charge in [0.2, 0.25) is 0 Å². The van der Waals surface area contributed by atoms with Gasteiger partial charge in [-0.1, -0.05) is 6.07 Å². The Bertz CT molecular complexity index is 786. The number of thiophene rings is 1. The fraction of sp³-hybridized carbons (Fsp3) is 0.476. The Morgan fingerprint density at radius 3 is 2.75 bits per heavy atom. The summed E-state index contributed by atoms with van der Waals surface area (Å²) in [5, 5.41) is 10.5. The van der Waals surface area contributed by atoms with Crippen molar-refractivity contribution in [3.63, 3.8) is 0 Å². The van der Waals surface area contributed by atoms with Crippen LogP contribution in [-0.2, 0) is 6.54 Å². The van der Waals surface area contributed by atoms with E-state index >= 15 is 0 Å². The molecule has 1 aromatic heterocycles. The van der Waals surface area contributed by atoms with Gasteiger partial charge in [0.15, 0.2) is 17.5 Å². The highest BCUT2D eigenvalue weighted by Crippen LogP contribution is 2.30. The minimum absolute atomic E-state index is 0.450. The standard InChI is InChI=1S/C21H28N4O2S/c1-22-21(24-17-7-9-25(10-8-17)20-4-2-13-28-20)23-15-16-5-6-18-19(14-16)27-12-3-11-26-18/h2,4-6,13-14,17H,3,7-12,15H2,1H3,(H2,22,23,24). The first-order valence-electron chi connectivity index (χ1n) is 9.96. The van der Waals surface area contributed by atoms with E-state index in [1.54, 1.807) is 0 Å². The molecule has 0 atom stereocenters. The third-order valence-corrected chi connectivity index (χ3v) is 6.08. The second-order valence-electron chi connectivity index (χ2n) is 7.11. The second kappa shape index (κ2) is 9.19. The number of hydrogen-bond donors (Lipinski definition) is 2. The van der Waals surface area contributed by atoms with Crippen LogP contribution in [0, 0.1) is 0 Å². The number of hydrogen-bond acceptors (Lipinski definition) is 5. The zero-order valence-corrected chi connectivity index (χ0v) is 17.1. The van der Waals surface area contributed by atoms with Gasteiger partial charge in [0.05, 0.1) is 18.2 Å². The fourth-order valence-electron chi connectivity index (χ4n) is 3.59. The number of ether oxygens (including phenoxy) is 2. The van der Waals surface area contributed by atoms with Crippen molar-refractivity contribution >= 4 is 22.3 Å². The summed E-state index contributed by atoms with van der Waals surface area (Å²) in [6.45, 7) is 4.28. The Morgan fingerprint density at radius 1 is 1.18 bits per heavy atom. The van der Waals surface area contributed by atoms with Crippen molar-refractivity contribution in [1.82, 2.24) is 10.6 Å². The smallest absolute Gasteiger partial charge is 0.191 e. The van der Waals surface area contributed by atoms with Crippen LogP contribution in [0.4, 0.5) is 5.00 Å². The largest absolute Gasteiger partial charge is 0.490 e. The van der Waals surface area contributed by atoms with Crippen LogP contribution in [0.15, 0.2) is 40.7 Å². The first-order chi connectivity index (χ1) is 13.8. The van der Waals surface area contributed by atoms with Gasteiger partial charge in [-0.3, -0.25) is 4.99 Å². The Labute approximate surface area is 170 Å². The lowest BCUT2D eigenvalue weighted by Crippen LogP contribution is -2.48. The lowest BCUT2D eigenvalue weighted by molar-refractivity contribution is 0.297. The molecular weight excluding hydrogens is 372 g/mol. The Hall–Kier alpha value is -2.41. The summed E-state index contributed by atoms with van der Waals surface area (Å²) in [6, 6.07) is 10.9. The maximum Gasteiger partial charge on any atom is 0.191 e. The van der Waals surface area contributed by atoms with Crippen molar-refractivity contribution in [1.29, 1.82) is 0 Å². The highest BCUT2D eigenvalue weighted by Gasteiger charge is 2.20. The number of guanidine groups is 1. The molecule has 1 aromatic carbocycles. The van der Waals surface area contributed by atoms with E-state index in [2.05, 4.69) is 50.2 Å². The van der Waals surface area contributed by atoms with Gasteiger partial charge in [0.25, 0.3) is 0 Å². The highest BCUT2D eigenvalue weighted by atomic mass is 32.1. The van der Waals surface area contributed by atoms with Crippen molar-refractivity contribution in [3.05, 3.63) is 41.3 Å². The van der Waals surface area contributed by atoms with Gasteiger partial charge < -0.3 is 25.0 Å². The molecule has 2 aromatic rings. The lowest BCUT2D eigenvalue weighted by Gasteiger charge is -2.33. The molecule has 3 heterocycles. The van der Waals surface area contributed by atoms with E-state index in [0.29, 0.717) is 25.8 Å². The summed E-state index contributed by atoms with van der Waals surface area (Å²) >= 11 is 1.82. The van der Waals surface area contributed by atoms with Crippen molar-refractivity contribution in [2.45, 2.75) is 31.8 Å². The number of rotatable bonds is 4. The highest BCUT2D eigenvalue weighted by molar-refractivity contribution is 7.14. The number of aliphatic imine (C=N–C) groups is 1. The predicted octanol–water partition coefficient (Wildman–Crippen LogP) is 3.24. The van der Waals surface area contributed by atoms with Gasteiger partial charge in [-0.05, 0) is 48.1 Å². The third kappa shape index (κ3) is 4.70. The van der Waals surface area contributed by atoms with Crippen LogP contribution in [0.5, 0.6) is 11.5 Å². The zero-order chi connectivity index (χ0) is 19.2. The molecule has 2 N–H and O–H groups in total. The van der Waals surface area contributed by atoms with Gasteiger partial charge in [0.1, 0.15) is 0 Å². The first kappa shape index (κ1) is 18.9. The number of anilines is 1. The Morgan fingerprint density at radius 2 is 2.00 bits per heavy atom. The van der Waals surface area contributed by atoms with Crippen molar-refractivity contribution in [2.75, 3.05) is 38.3 Å². The van der Waals surface area contributed by atoms with Crippen LogP contribution in [0.2, 0.25) is 0 Å². The molecule has 7 heteroatoms.